The third-order valence-corrected chi connectivity index (χ3v) is 7.28. The number of rotatable bonds is 7. The monoisotopic (exact) mass is 430 g/mol. The lowest BCUT2D eigenvalue weighted by molar-refractivity contribution is -0.0541. The highest BCUT2D eigenvalue weighted by molar-refractivity contribution is 7.64. The molecule has 27 heavy (non-hydrogen) atoms. The zero-order valence-corrected chi connectivity index (χ0v) is 16.0. The van der Waals surface area contributed by atoms with Crippen LogP contribution in [0.1, 0.15) is 20.1 Å². The summed E-state index contributed by atoms with van der Waals surface area (Å²) in [5.41, 5.74) is -2.55. The van der Waals surface area contributed by atoms with E-state index in [2.05, 4.69) is 8.83 Å². The summed E-state index contributed by atoms with van der Waals surface area (Å²) in [6, 6.07) is 0.994. The predicted molar refractivity (Wildman–Crippen MR) is 89.1 cm³/mol. The summed E-state index contributed by atoms with van der Waals surface area (Å²) in [6.07, 6.45) is -4.99. The van der Waals surface area contributed by atoms with Gasteiger partial charge in [-0.3, -0.25) is 23.4 Å². The molecule has 1 aliphatic rings. The number of hydrogen-bond acceptors (Lipinski definition) is 9. The number of aromatic nitrogens is 2. The molecule has 0 saturated carbocycles. The van der Waals surface area contributed by atoms with Gasteiger partial charge in [-0.25, -0.2) is 13.7 Å². The molecule has 1 aromatic rings. The highest BCUT2D eigenvalue weighted by Gasteiger charge is 2.46. The van der Waals surface area contributed by atoms with E-state index in [1.54, 1.807) is 0 Å². The second-order valence-corrected chi connectivity index (χ2v) is 10.1. The van der Waals surface area contributed by atoms with Crippen molar-refractivity contribution in [3.63, 3.8) is 0 Å². The SMILES string of the molecule is CC(C)P(=O)(O)OP(=O)(O)OC[C@H]1O[C@@H](n2ccc(=O)[nH]c2=O)C(O)C1O. The van der Waals surface area contributed by atoms with Gasteiger partial charge in [-0.05, 0) is 0 Å². The maximum atomic E-state index is 11.8. The quantitative estimate of drug-likeness (QED) is 0.329. The van der Waals surface area contributed by atoms with Crippen molar-refractivity contribution in [3.05, 3.63) is 33.1 Å². The molecule has 4 unspecified atom stereocenters. The summed E-state index contributed by atoms with van der Waals surface area (Å²) in [5, 5.41) is 20.0. The van der Waals surface area contributed by atoms with Gasteiger partial charge in [0.1, 0.15) is 18.3 Å². The molecule has 0 amide bonds. The van der Waals surface area contributed by atoms with E-state index >= 15 is 0 Å². The van der Waals surface area contributed by atoms with Crippen LogP contribution in [0.2, 0.25) is 0 Å². The van der Waals surface area contributed by atoms with Crippen LogP contribution in [0.3, 0.4) is 0 Å². The first-order valence-electron chi connectivity index (χ1n) is 7.68. The summed E-state index contributed by atoms with van der Waals surface area (Å²) in [7, 11) is -9.39. The molecule has 0 aliphatic carbocycles. The van der Waals surface area contributed by atoms with E-state index in [1.807, 2.05) is 4.98 Å². The van der Waals surface area contributed by atoms with Crippen LogP contribution in [0.15, 0.2) is 21.9 Å². The molecule has 2 rings (SSSR count). The van der Waals surface area contributed by atoms with Crippen molar-refractivity contribution in [1.29, 1.82) is 0 Å². The smallest absolute Gasteiger partial charge is 0.387 e. The average Bonchev–Trinajstić information content (AvgIpc) is 2.80. The minimum Gasteiger partial charge on any atom is -0.387 e. The molecule has 0 aromatic carbocycles. The summed E-state index contributed by atoms with van der Waals surface area (Å²) in [4.78, 5) is 43.8. The van der Waals surface area contributed by atoms with E-state index in [-0.39, 0.29) is 0 Å². The number of aromatic amines is 1. The third-order valence-electron chi connectivity index (χ3n) is 3.74. The number of aliphatic hydroxyl groups is 2. The van der Waals surface area contributed by atoms with Gasteiger partial charge in [-0.15, -0.1) is 0 Å². The van der Waals surface area contributed by atoms with E-state index < -0.39 is 63.5 Å². The standard InChI is InChI=1S/C12H20N2O11P2/c1-6(2)26(19,20)25-27(21,22)23-5-7-9(16)10(17)11(24-7)14-4-3-8(15)13-12(14)18/h3-4,6-7,9-11,16-17H,5H2,1-2H3,(H,19,20)(H,21,22)(H,13,15,18)/t7-,9?,10?,11-/m1/s1. The summed E-state index contributed by atoms with van der Waals surface area (Å²) in [6.45, 7) is 1.81. The van der Waals surface area contributed by atoms with Gasteiger partial charge in [0.15, 0.2) is 6.23 Å². The number of phosphoric acid groups is 1. The Labute approximate surface area is 152 Å². The Morgan fingerprint density at radius 2 is 1.89 bits per heavy atom. The molecule has 6 atom stereocenters. The first-order valence-corrected chi connectivity index (χ1v) is 10.8. The molecule has 2 heterocycles. The Hall–Kier alpha value is -1.14. The van der Waals surface area contributed by atoms with Crippen LogP contribution in [-0.2, 0) is 22.7 Å². The van der Waals surface area contributed by atoms with Crippen molar-refractivity contribution in [2.45, 2.75) is 44.0 Å². The lowest BCUT2D eigenvalue weighted by atomic mass is 10.1. The summed E-state index contributed by atoms with van der Waals surface area (Å²) >= 11 is 0. The van der Waals surface area contributed by atoms with Crippen LogP contribution in [0, 0.1) is 0 Å². The minimum atomic E-state index is -4.98. The number of ether oxygens (including phenoxy) is 1. The van der Waals surface area contributed by atoms with E-state index in [0.29, 0.717) is 0 Å². The molecule has 154 valence electrons. The number of aliphatic hydroxyl groups excluding tert-OH is 2. The van der Waals surface area contributed by atoms with Gasteiger partial charge in [0.2, 0.25) is 0 Å². The van der Waals surface area contributed by atoms with Crippen LogP contribution in [-0.4, -0.2) is 60.1 Å². The topological polar surface area (TPSA) is 198 Å². The second kappa shape index (κ2) is 8.08. The van der Waals surface area contributed by atoms with Crippen molar-refractivity contribution < 1.29 is 42.7 Å². The Balaban J connectivity index is 2.08. The van der Waals surface area contributed by atoms with E-state index in [9.17, 15) is 38.7 Å². The normalized spacial score (nSPS) is 30.2. The molecule has 0 bridgehead atoms. The summed E-state index contributed by atoms with van der Waals surface area (Å²) < 4.78 is 38.4. The maximum absolute atomic E-state index is 11.8. The third kappa shape index (κ3) is 5.23. The van der Waals surface area contributed by atoms with Crippen LogP contribution in [0.25, 0.3) is 0 Å². The van der Waals surface area contributed by atoms with Crippen molar-refractivity contribution in [3.8, 4) is 0 Å². The van der Waals surface area contributed by atoms with E-state index in [0.717, 1.165) is 16.8 Å². The molecular weight excluding hydrogens is 410 g/mol. The zero-order chi connectivity index (χ0) is 20.6. The fourth-order valence-corrected chi connectivity index (χ4v) is 4.62. The maximum Gasteiger partial charge on any atom is 0.479 e. The number of hydrogen-bond donors (Lipinski definition) is 5. The van der Waals surface area contributed by atoms with E-state index in [1.165, 1.54) is 13.8 Å². The zero-order valence-electron chi connectivity index (χ0n) is 14.2. The van der Waals surface area contributed by atoms with Crippen LogP contribution < -0.4 is 11.2 Å². The van der Waals surface area contributed by atoms with Gasteiger partial charge < -0.3 is 24.7 Å². The van der Waals surface area contributed by atoms with Crippen LogP contribution in [0.4, 0.5) is 0 Å². The van der Waals surface area contributed by atoms with Crippen molar-refractivity contribution in [2.75, 3.05) is 6.61 Å². The van der Waals surface area contributed by atoms with Gasteiger partial charge >= 0.3 is 21.1 Å². The van der Waals surface area contributed by atoms with Gasteiger partial charge in [0.05, 0.1) is 12.3 Å². The van der Waals surface area contributed by atoms with Gasteiger partial charge in [0.25, 0.3) is 5.56 Å². The molecule has 1 fully saturated rings. The predicted octanol–water partition coefficient (Wildman–Crippen LogP) is -1.12. The van der Waals surface area contributed by atoms with Crippen molar-refractivity contribution in [2.24, 2.45) is 0 Å². The molecule has 0 spiro atoms. The molecular formula is C12H20N2O11P2. The molecule has 5 N–H and O–H groups in total. The highest BCUT2D eigenvalue weighted by Crippen LogP contribution is 2.62. The minimum absolute atomic E-state index is 0.680. The Morgan fingerprint density at radius 1 is 1.26 bits per heavy atom. The van der Waals surface area contributed by atoms with Gasteiger partial charge in [-0.1, -0.05) is 13.8 Å². The van der Waals surface area contributed by atoms with Gasteiger partial charge in [-0.2, -0.15) is 0 Å². The van der Waals surface area contributed by atoms with Gasteiger partial charge in [0, 0.05) is 12.3 Å². The Kier molecular flexibility index (Phi) is 6.63. The van der Waals surface area contributed by atoms with E-state index in [4.69, 9.17) is 4.74 Å². The van der Waals surface area contributed by atoms with Crippen molar-refractivity contribution in [1.82, 2.24) is 9.55 Å². The fourth-order valence-electron chi connectivity index (χ4n) is 2.16. The van der Waals surface area contributed by atoms with Crippen molar-refractivity contribution >= 4 is 15.4 Å². The number of H-pyrrole nitrogens is 1. The number of phosphoric ester groups is 1. The number of nitrogens with one attached hydrogen (secondary N) is 1. The first kappa shape index (κ1) is 22.2. The first-order chi connectivity index (χ1) is 12.3. The molecule has 0 radical (unpaired) electrons. The second-order valence-electron chi connectivity index (χ2n) is 6.07. The number of nitrogens with zero attached hydrogens (tertiary/aromatic N) is 1. The van der Waals surface area contributed by atoms with Crippen LogP contribution >= 0.6 is 15.4 Å². The molecule has 1 saturated heterocycles. The highest BCUT2D eigenvalue weighted by atomic mass is 31.3. The Morgan fingerprint density at radius 3 is 2.44 bits per heavy atom. The molecule has 13 nitrogen and oxygen atoms in total. The summed E-state index contributed by atoms with van der Waals surface area (Å²) in [5.74, 6) is 0. The molecule has 15 heteroatoms. The Bertz CT molecular complexity index is 881. The lowest BCUT2D eigenvalue weighted by Crippen LogP contribution is -2.37. The molecule has 1 aliphatic heterocycles. The fraction of sp³-hybridized carbons (Fsp3) is 0.667. The lowest BCUT2D eigenvalue weighted by Gasteiger charge is -2.20. The van der Waals surface area contributed by atoms with Crippen LogP contribution in [0.5, 0.6) is 0 Å². The molecule has 1 aromatic heterocycles. The largest absolute Gasteiger partial charge is 0.479 e. The average molecular weight is 430 g/mol.